The highest BCUT2D eigenvalue weighted by Crippen LogP contribution is 2.39. The van der Waals surface area contributed by atoms with Crippen LogP contribution in [0.1, 0.15) is 0 Å². The highest BCUT2D eigenvalue weighted by molar-refractivity contribution is 6.28. The normalized spacial score (nSPS) is 10.0. The molecule has 0 bridgehead atoms. The van der Waals surface area contributed by atoms with Gasteiger partial charge in [-0.25, -0.2) is 0 Å². The molecular weight excluding hydrogens is 284 g/mol. The molecule has 106 valence electrons. The first kappa shape index (κ1) is 14.1. The van der Waals surface area contributed by atoms with E-state index in [1.165, 1.54) is 14.2 Å². The van der Waals surface area contributed by atoms with Crippen LogP contribution in [0.5, 0.6) is 23.3 Å². The Kier molecular flexibility index (Phi) is 4.41. The van der Waals surface area contributed by atoms with Crippen LogP contribution in [0.2, 0.25) is 5.28 Å². The molecule has 1 aromatic carbocycles. The van der Waals surface area contributed by atoms with Crippen LogP contribution in [0.25, 0.3) is 0 Å². The van der Waals surface area contributed by atoms with Crippen molar-refractivity contribution in [2.24, 2.45) is 0 Å². The van der Waals surface area contributed by atoms with Gasteiger partial charge in [0.1, 0.15) is 0 Å². The number of anilines is 1. The fourth-order valence-corrected chi connectivity index (χ4v) is 1.65. The lowest BCUT2D eigenvalue weighted by atomic mass is 10.3. The quantitative estimate of drug-likeness (QED) is 0.907. The molecule has 0 aliphatic carbocycles. The summed E-state index contributed by atoms with van der Waals surface area (Å²) in [4.78, 5) is 11.8. The Hall–Kier alpha value is -2.28. The number of ether oxygens (including phenoxy) is 3. The van der Waals surface area contributed by atoms with Crippen LogP contribution in [0.4, 0.5) is 5.95 Å². The van der Waals surface area contributed by atoms with E-state index >= 15 is 0 Å². The molecule has 1 aromatic heterocycles. The standard InChI is InChI=1S/C12H13ClN4O3/c1-14-11-15-10(13)16-12(17-11)20-9-7(18-2)5-4-6-8(9)19-3/h4-6H,1-3H3,(H,14,15,16,17). The second-order valence-electron chi connectivity index (χ2n) is 3.55. The molecular formula is C12H13ClN4O3. The Labute approximate surface area is 120 Å². The van der Waals surface area contributed by atoms with Gasteiger partial charge in [-0.2, -0.15) is 15.0 Å². The third kappa shape index (κ3) is 3.00. The van der Waals surface area contributed by atoms with Gasteiger partial charge in [-0.3, -0.25) is 0 Å². The highest BCUT2D eigenvalue weighted by atomic mass is 35.5. The number of hydrogen-bond acceptors (Lipinski definition) is 7. The van der Waals surface area contributed by atoms with Crippen LogP contribution in [-0.4, -0.2) is 36.2 Å². The Morgan fingerprint density at radius 1 is 1.05 bits per heavy atom. The molecule has 0 spiro atoms. The van der Waals surface area contributed by atoms with Crippen LogP contribution in [0.15, 0.2) is 18.2 Å². The van der Waals surface area contributed by atoms with E-state index in [1.54, 1.807) is 25.2 Å². The number of hydrogen-bond donors (Lipinski definition) is 1. The van der Waals surface area contributed by atoms with E-state index in [0.717, 1.165) is 0 Å². The van der Waals surface area contributed by atoms with Crippen LogP contribution in [0.3, 0.4) is 0 Å². The smallest absolute Gasteiger partial charge is 0.328 e. The van der Waals surface area contributed by atoms with E-state index in [0.29, 0.717) is 23.2 Å². The van der Waals surface area contributed by atoms with E-state index in [4.69, 9.17) is 25.8 Å². The molecule has 0 amide bonds. The molecule has 2 rings (SSSR count). The zero-order valence-corrected chi connectivity index (χ0v) is 11.9. The Bertz CT molecular complexity index is 587. The van der Waals surface area contributed by atoms with Crippen LogP contribution in [-0.2, 0) is 0 Å². The monoisotopic (exact) mass is 296 g/mol. The van der Waals surface area contributed by atoms with Crippen molar-refractivity contribution in [1.82, 2.24) is 15.0 Å². The van der Waals surface area contributed by atoms with E-state index in [1.807, 2.05) is 0 Å². The molecule has 1 N–H and O–H groups in total. The molecule has 20 heavy (non-hydrogen) atoms. The van der Waals surface area contributed by atoms with Gasteiger partial charge in [0, 0.05) is 7.05 Å². The molecule has 0 saturated heterocycles. The van der Waals surface area contributed by atoms with Gasteiger partial charge in [0.05, 0.1) is 14.2 Å². The molecule has 8 heteroatoms. The lowest BCUT2D eigenvalue weighted by Gasteiger charge is -2.12. The predicted molar refractivity (Wildman–Crippen MR) is 74.0 cm³/mol. The molecule has 0 unspecified atom stereocenters. The Morgan fingerprint density at radius 3 is 2.25 bits per heavy atom. The first-order valence-electron chi connectivity index (χ1n) is 5.66. The van der Waals surface area contributed by atoms with Crippen molar-refractivity contribution in [2.75, 3.05) is 26.6 Å². The second-order valence-corrected chi connectivity index (χ2v) is 3.89. The zero-order chi connectivity index (χ0) is 14.5. The minimum Gasteiger partial charge on any atom is -0.493 e. The lowest BCUT2D eigenvalue weighted by Crippen LogP contribution is -2.02. The molecule has 0 saturated carbocycles. The summed E-state index contributed by atoms with van der Waals surface area (Å²) >= 11 is 5.80. The summed E-state index contributed by atoms with van der Waals surface area (Å²) < 4.78 is 16.1. The van der Waals surface area contributed by atoms with Crippen molar-refractivity contribution < 1.29 is 14.2 Å². The average Bonchev–Trinajstić information content (AvgIpc) is 2.46. The van der Waals surface area contributed by atoms with Gasteiger partial charge in [-0.15, -0.1) is 0 Å². The number of halogens is 1. The maximum Gasteiger partial charge on any atom is 0.328 e. The summed E-state index contributed by atoms with van der Waals surface area (Å²) in [6.45, 7) is 0. The second kappa shape index (κ2) is 6.25. The van der Waals surface area contributed by atoms with Crippen molar-refractivity contribution in [3.63, 3.8) is 0 Å². The van der Waals surface area contributed by atoms with E-state index in [-0.39, 0.29) is 11.3 Å². The van der Waals surface area contributed by atoms with Gasteiger partial charge in [0.15, 0.2) is 11.5 Å². The van der Waals surface area contributed by atoms with E-state index in [9.17, 15) is 0 Å². The molecule has 0 atom stereocenters. The van der Waals surface area contributed by atoms with E-state index < -0.39 is 0 Å². The molecule has 0 aliphatic heterocycles. The molecule has 1 heterocycles. The number of methoxy groups -OCH3 is 2. The van der Waals surface area contributed by atoms with Gasteiger partial charge in [0.25, 0.3) is 0 Å². The van der Waals surface area contributed by atoms with Gasteiger partial charge < -0.3 is 19.5 Å². The summed E-state index contributed by atoms with van der Waals surface area (Å²) in [6.07, 6.45) is 0. The van der Waals surface area contributed by atoms with E-state index in [2.05, 4.69) is 20.3 Å². The van der Waals surface area contributed by atoms with Gasteiger partial charge in [-0.1, -0.05) is 6.07 Å². The van der Waals surface area contributed by atoms with Crippen LogP contribution in [0, 0.1) is 0 Å². The van der Waals surface area contributed by atoms with Gasteiger partial charge in [0.2, 0.25) is 17.0 Å². The Morgan fingerprint density at radius 2 is 1.70 bits per heavy atom. The maximum absolute atomic E-state index is 5.80. The minimum atomic E-state index is 0.0215. The number of benzene rings is 1. The number of nitrogens with zero attached hydrogens (tertiary/aromatic N) is 3. The van der Waals surface area contributed by atoms with Gasteiger partial charge >= 0.3 is 6.01 Å². The predicted octanol–water partition coefficient (Wildman–Crippen LogP) is 2.38. The topological polar surface area (TPSA) is 78.4 Å². The summed E-state index contributed by atoms with van der Waals surface area (Å²) in [5.41, 5.74) is 0. The molecule has 0 aliphatic rings. The maximum atomic E-state index is 5.80. The number of aromatic nitrogens is 3. The lowest BCUT2D eigenvalue weighted by molar-refractivity contribution is 0.336. The number of para-hydroxylation sites is 1. The largest absolute Gasteiger partial charge is 0.493 e. The van der Waals surface area contributed by atoms with Gasteiger partial charge in [-0.05, 0) is 23.7 Å². The highest BCUT2D eigenvalue weighted by Gasteiger charge is 2.15. The summed E-state index contributed by atoms with van der Waals surface area (Å²) in [5, 5.41) is 2.78. The molecule has 7 nitrogen and oxygen atoms in total. The van der Waals surface area contributed by atoms with Crippen LogP contribution >= 0.6 is 11.6 Å². The summed E-state index contributed by atoms with van der Waals surface area (Å²) in [7, 11) is 4.72. The first-order chi connectivity index (χ1) is 9.67. The Balaban J connectivity index is 2.41. The zero-order valence-electron chi connectivity index (χ0n) is 11.2. The van der Waals surface area contributed by atoms with Crippen molar-refractivity contribution in [3.8, 4) is 23.3 Å². The number of rotatable bonds is 5. The van der Waals surface area contributed by atoms with Crippen molar-refractivity contribution in [3.05, 3.63) is 23.5 Å². The van der Waals surface area contributed by atoms with Crippen molar-refractivity contribution in [1.29, 1.82) is 0 Å². The molecule has 2 aromatic rings. The minimum absolute atomic E-state index is 0.0215. The third-order valence-corrected chi connectivity index (χ3v) is 2.56. The summed E-state index contributed by atoms with van der Waals surface area (Å²) in [5.74, 6) is 1.65. The fourth-order valence-electron chi connectivity index (χ4n) is 1.50. The summed E-state index contributed by atoms with van der Waals surface area (Å²) in [6, 6.07) is 5.29. The molecule has 0 fully saturated rings. The SMILES string of the molecule is CNc1nc(Cl)nc(Oc2c(OC)cccc2OC)n1. The van der Waals surface area contributed by atoms with Crippen LogP contribution < -0.4 is 19.5 Å². The number of nitrogens with one attached hydrogen (secondary N) is 1. The first-order valence-corrected chi connectivity index (χ1v) is 6.04. The van der Waals surface area contributed by atoms with Crippen molar-refractivity contribution in [2.45, 2.75) is 0 Å². The molecule has 0 radical (unpaired) electrons. The average molecular weight is 297 g/mol. The third-order valence-electron chi connectivity index (χ3n) is 2.39. The fraction of sp³-hybridized carbons (Fsp3) is 0.250. The van der Waals surface area contributed by atoms with Crippen molar-refractivity contribution >= 4 is 17.5 Å².